The maximum Gasteiger partial charge on any atom is 0.263 e. The van der Waals surface area contributed by atoms with E-state index in [1.54, 1.807) is 18.2 Å². The predicted molar refractivity (Wildman–Crippen MR) is 108 cm³/mol. The summed E-state index contributed by atoms with van der Waals surface area (Å²) in [6.45, 7) is 0. The maximum absolute atomic E-state index is 14.4. The largest absolute Gasteiger partial charge is 0.438 e. The summed E-state index contributed by atoms with van der Waals surface area (Å²) >= 11 is 0. The lowest BCUT2D eigenvalue weighted by molar-refractivity contribution is 0.513. The van der Waals surface area contributed by atoms with Crippen molar-refractivity contribution >= 4 is 15.8 Å². The molecule has 0 spiro atoms. The van der Waals surface area contributed by atoms with Gasteiger partial charge in [0.2, 0.25) is 5.89 Å². The molecule has 0 saturated heterocycles. The molecule has 30 heavy (non-hydrogen) atoms. The van der Waals surface area contributed by atoms with E-state index >= 15 is 0 Å². The number of hydrogen-bond acceptors (Lipinski definition) is 4. The van der Waals surface area contributed by atoms with Crippen LogP contribution in [0, 0.1) is 11.6 Å². The Labute approximate surface area is 172 Å². The number of rotatable bonds is 6. The first kappa shape index (κ1) is 19.8. The molecular weight excluding hydrogens is 410 g/mol. The highest BCUT2D eigenvalue weighted by Gasteiger charge is 2.24. The molecule has 0 unspecified atom stereocenters. The molecule has 5 nitrogen and oxygen atoms in total. The molecule has 0 amide bonds. The van der Waals surface area contributed by atoms with Gasteiger partial charge in [-0.1, -0.05) is 48.5 Å². The molecule has 0 saturated carbocycles. The molecule has 4 aromatic rings. The van der Waals surface area contributed by atoms with E-state index in [0.29, 0.717) is 6.07 Å². The normalized spacial score (nSPS) is 11.4. The van der Waals surface area contributed by atoms with Gasteiger partial charge in [0.05, 0.1) is 10.5 Å². The van der Waals surface area contributed by atoms with Gasteiger partial charge in [0.1, 0.15) is 11.6 Å². The lowest BCUT2D eigenvalue weighted by Gasteiger charge is -2.07. The van der Waals surface area contributed by atoms with Crippen molar-refractivity contribution in [1.82, 2.24) is 4.98 Å². The van der Waals surface area contributed by atoms with Crippen molar-refractivity contribution in [3.05, 3.63) is 102 Å². The van der Waals surface area contributed by atoms with Crippen molar-refractivity contribution in [2.24, 2.45) is 0 Å². The lowest BCUT2D eigenvalue weighted by Crippen LogP contribution is -2.13. The van der Waals surface area contributed by atoms with E-state index in [0.717, 1.165) is 11.6 Å². The number of hydrogen-bond donors (Lipinski definition) is 1. The quantitative estimate of drug-likeness (QED) is 0.470. The van der Waals surface area contributed by atoms with Crippen molar-refractivity contribution < 1.29 is 21.6 Å². The van der Waals surface area contributed by atoms with Gasteiger partial charge in [-0.15, -0.1) is 0 Å². The zero-order chi connectivity index (χ0) is 21.1. The summed E-state index contributed by atoms with van der Waals surface area (Å²) in [4.78, 5) is 4.26. The average molecular weight is 426 g/mol. The summed E-state index contributed by atoms with van der Waals surface area (Å²) in [5.74, 6) is -1.76. The van der Waals surface area contributed by atoms with E-state index in [1.165, 1.54) is 18.2 Å². The van der Waals surface area contributed by atoms with E-state index in [9.17, 15) is 17.2 Å². The molecule has 152 valence electrons. The Morgan fingerprint density at radius 1 is 0.900 bits per heavy atom. The average Bonchev–Trinajstić information content (AvgIpc) is 3.10. The van der Waals surface area contributed by atoms with Crippen molar-refractivity contribution in [3.8, 4) is 11.3 Å². The number of nitrogens with one attached hydrogen (secondary N) is 1. The highest BCUT2D eigenvalue weighted by atomic mass is 32.2. The van der Waals surface area contributed by atoms with Crippen LogP contribution in [0.5, 0.6) is 0 Å². The first-order valence-corrected chi connectivity index (χ1v) is 10.5. The fourth-order valence-electron chi connectivity index (χ4n) is 2.92. The number of anilines is 1. The summed E-state index contributed by atoms with van der Waals surface area (Å²) in [6.07, 6.45) is 0.268. The van der Waals surface area contributed by atoms with Crippen LogP contribution in [-0.4, -0.2) is 13.4 Å². The van der Waals surface area contributed by atoms with Crippen LogP contribution < -0.4 is 4.72 Å². The van der Waals surface area contributed by atoms with Crippen molar-refractivity contribution in [1.29, 1.82) is 0 Å². The van der Waals surface area contributed by atoms with Gasteiger partial charge >= 0.3 is 0 Å². The summed E-state index contributed by atoms with van der Waals surface area (Å²) in [5, 5.41) is 0. The van der Waals surface area contributed by atoms with Crippen LogP contribution >= 0.6 is 0 Å². The predicted octanol–water partition coefficient (Wildman–Crippen LogP) is 5.01. The molecule has 3 aromatic carbocycles. The lowest BCUT2D eigenvalue weighted by atomic mass is 10.1. The molecular formula is C22H16F2N2O3S. The molecule has 1 aromatic heterocycles. The summed E-state index contributed by atoms with van der Waals surface area (Å²) in [6, 6.07) is 19.9. The summed E-state index contributed by atoms with van der Waals surface area (Å²) in [7, 11) is -3.99. The fourth-order valence-corrected chi connectivity index (χ4v) is 3.95. The van der Waals surface area contributed by atoms with Gasteiger partial charge in [0.25, 0.3) is 10.0 Å². The van der Waals surface area contributed by atoms with E-state index < -0.39 is 21.7 Å². The van der Waals surface area contributed by atoms with Crippen LogP contribution in [0.3, 0.4) is 0 Å². The molecule has 0 aliphatic carbocycles. The van der Waals surface area contributed by atoms with Gasteiger partial charge in [0, 0.05) is 12.5 Å². The number of oxazole rings is 1. The van der Waals surface area contributed by atoms with Crippen molar-refractivity contribution in [2.75, 3.05) is 4.72 Å². The van der Waals surface area contributed by atoms with Crippen LogP contribution in [-0.2, 0) is 16.4 Å². The van der Waals surface area contributed by atoms with Crippen LogP contribution in [0.15, 0.2) is 88.2 Å². The molecule has 8 heteroatoms. The van der Waals surface area contributed by atoms with Crippen molar-refractivity contribution in [3.63, 3.8) is 0 Å². The monoisotopic (exact) mass is 426 g/mol. The second-order valence-electron chi connectivity index (χ2n) is 6.49. The van der Waals surface area contributed by atoms with Gasteiger partial charge in [-0.3, -0.25) is 4.72 Å². The number of benzene rings is 3. The Hall–Kier alpha value is -3.52. The van der Waals surface area contributed by atoms with Gasteiger partial charge in [-0.05, 0) is 29.8 Å². The van der Waals surface area contributed by atoms with Crippen LogP contribution in [0.1, 0.15) is 11.5 Å². The van der Waals surface area contributed by atoms with Gasteiger partial charge in [-0.25, -0.2) is 17.2 Å². The highest BCUT2D eigenvalue weighted by Crippen LogP contribution is 2.33. The second-order valence-corrected chi connectivity index (χ2v) is 8.17. The third kappa shape index (κ3) is 4.23. The standard InChI is InChI=1S/C22H16F2N2O3S/c23-16-11-12-18(19(24)14-16)21-22(26-30(27,28)17-9-5-2-6-10-17)25-20(29-21)13-15-7-3-1-4-8-15/h1-12,14,26H,13H2. The van der Waals surface area contributed by atoms with Gasteiger partial charge in [-0.2, -0.15) is 4.98 Å². The third-order valence-electron chi connectivity index (χ3n) is 4.33. The van der Waals surface area contributed by atoms with E-state index in [2.05, 4.69) is 9.71 Å². The molecule has 4 rings (SSSR count). The second kappa shape index (κ2) is 8.08. The number of halogens is 2. The Bertz CT molecular complexity index is 1270. The minimum absolute atomic E-state index is 0.0168. The van der Waals surface area contributed by atoms with Gasteiger partial charge in [0.15, 0.2) is 11.6 Å². The zero-order valence-corrected chi connectivity index (χ0v) is 16.4. The molecule has 0 radical (unpaired) electrons. The topological polar surface area (TPSA) is 72.2 Å². The molecule has 0 fully saturated rings. The maximum atomic E-state index is 14.4. The number of sulfonamides is 1. The molecule has 1 heterocycles. The highest BCUT2D eigenvalue weighted by molar-refractivity contribution is 7.92. The Morgan fingerprint density at radius 2 is 1.57 bits per heavy atom. The Balaban J connectivity index is 1.77. The molecule has 1 N–H and O–H groups in total. The molecule has 0 aliphatic heterocycles. The summed E-state index contributed by atoms with van der Waals surface area (Å²) in [5.41, 5.74) is 0.774. The third-order valence-corrected chi connectivity index (χ3v) is 5.68. The van der Waals surface area contributed by atoms with Crippen LogP contribution in [0.25, 0.3) is 11.3 Å². The van der Waals surface area contributed by atoms with Crippen LogP contribution in [0.2, 0.25) is 0 Å². The number of nitrogens with zero attached hydrogens (tertiary/aromatic N) is 1. The van der Waals surface area contributed by atoms with Gasteiger partial charge < -0.3 is 4.42 Å². The minimum Gasteiger partial charge on any atom is -0.438 e. The Kier molecular flexibility index (Phi) is 5.33. The molecule has 0 atom stereocenters. The van der Waals surface area contributed by atoms with E-state index in [-0.39, 0.29) is 34.3 Å². The summed E-state index contributed by atoms with van der Waals surface area (Å²) < 4.78 is 61.3. The zero-order valence-electron chi connectivity index (χ0n) is 15.5. The van der Waals surface area contributed by atoms with Crippen molar-refractivity contribution in [2.45, 2.75) is 11.3 Å². The van der Waals surface area contributed by atoms with E-state index in [1.807, 2.05) is 30.3 Å². The Morgan fingerprint density at radius 3 is 2.23 bits per heavy atom. The van der Waals surface area contributed by atoms with Crippen LogP contribution in [0.4, 0.5) is 14.6 Å². The SMILES string of the molecule is O=S(=O)(Nc1nc(Cc2ccccc2)oc1-c1ccc(F)cc1F)c1ccccc1. The molecule has 0 bridgehead atoms. The first-order chi connectivity index (χ1) is 14.4. The molecule has 0 aliphatic rings. The van der Waals surface area contributed by atoms with E-state index in [4.69, 9.17) is 4.42 Å². The smallest absolute Gasteiger partial charge is 0.263 e. The fraction of sp³-hybridized carbons (Fsp3) is 0.0455. The minimum atomic E-state index is -3.99. The number of aromatic nitrogens is 1. The first-order valence-electron chi connectivity index (χ1n) is 8.99.